The topological polar surface area (TPSA) is 89.0 Å². The summed E-state index contributed by atoms with van der Waals surface area (Å²) < 4.78 is 58.0. The number of carbonyl (C=O) groups is 2. The third-order valence-corrected chi connectivity index (χ3v) is 5.88. The standard InChI is InChI=1S/C19H25FN2O3.C2HF3O2/c1-14-4-2-5-15(21-14)11-24-16-6-9-25-18(10-16)12-22(13-18)17(23)19(20)7-3-8-19;3-2(4,5)1(6)7/h2,4-5,16H,3,6-13H2,1H3;(H,6,7). The summed E-state index contributed by atoms with van der Waals surface area (Å²) in [4.78, 5) is 27.2. The zero-order chi connectivity index (χ0) is 23.6. The molecule has 1 N–H and O–H groups in total. The van der Waals surface area contributed by atoms with Gasteiger partial charge in [-0.2, -0.15) is 13.2 Å². The van der Waals surface area contributed by atoms with Crippen LogP contribution in [0.2, 0.25) is 0 Å². The van der Waals surface area contributed by atoms with Gasteiger partial charge in [-0.05, 0) is 44.7 Å². The number of nitrogens with zero attached hydrogens (tertiary/aromatic N) is 2. The molecule has 2 saturated heterocycles. The maximum atomic E-state index is 14.3. The first-order valence-electron chi connectivity index (χ1n) is 10.4. The van der Waals surface area contributed by atoms with Crippen LogP contribution in [0.3, 0.4) is 0 Å². The SMILES string of the molecule is Cc1cccc(COC2CCOC3(C2)CN(C(=O)C2(F)CCC2)C3)n1.O=C(O)C(F)(F)F. The minimum absolute atomic E-state index is 0.0938. The Morgan fingerprint density at radius 3 is 2.50 bits per heavy atom. The number of pyridine rings is 1. The van der Waals surface area contributed by atoms with Crippen LogP contribution in [0.4, 0.5) is 17.6 Å². The molecule has 178 valence electrons. The number of carbonyl (C=O) groups excluding carboxylic acids is 1. The van der Waals surface area contributed by atoms with Crippen LogP contribution < -0.4 is 0 Å². The van der Waals surface area contributed by atoms with Crippen LogP contribution in [-0.2, 0) is 25.7 Å². The molecule has 1 aliphatic carbocycles. The minimum Gasteiger partial charge on any atom is -0.475 e. The number of hydrogen-bond acceptors (Lipinski definition) is 5. The molecule has 2 aliphatic heterocycles. The molecule has 0 bridgehead atoms. The second-order valence-corrected chi connectivity index (χ2v) is 8.51. The van der Waals surface area contributed by atoms with E-state index in [-0.39, 0.29) is 17.6 Å². The van der Waals surface area contributed by atoms with Gasteiger partial charge in [0.25, 0.3) is 5.91 Å². The normalized spacial score (nSPS) is 23.4. The third-order valence-electron chi connectivity index (χ3n) is 5.88. The van der Waals surface area contributed by atoms with Crippen LogP contribution in [0.25, 0.3) is 0 Å². The number of hydrogen-bond donors (Lipinski definition) is 1. The van der Waals surface area contributed by atoms with Crippen molar-refractivity contribution in [2.75, 3.05) is 19.7 Å². The molecule has 3 heterocycles. The average molecular weight is 462 g/mol. The molecule has 7 nitrogen and oxygen atoms in total. The second kappa shape index (κ2) is 9.30. The van der Waals surface area contributed by atoms with Gasteiger partial charge < -0.3 is 19.5 Å². The fourth-order valence-electron chi connectivity index (χ4n) is 4.01. The number of aliphatic carboxylic acids is 1. The van der Waals surface area contributed by atoms with E-state index < -0.39 is 17.8 Å². The van der Waals surface area contributed by atoms with E-state index in [0.717, 1.165) is 30.7 Å². The van der Waals surface area contributed by atoms with Gasteiger partial charge in [-0.3, -0.25) is 9.78 Å². The molecule has 0 radical (unpaired) electrons. The molecular formula is C21H26F4N2O5. The quantitative estimate of drug-likeness (QED) is 0.692. The summed E-state index contributed by atoms with van der Waals surface area (Å²) in [5, 5.41) is 7.12. The van der Waals surface area contributed by atoms with E-state index in [1.807, 2.05) is 25.1 Å². The van der Waals surface area contributed by atoms with E-state index in [1.165, 1.54) is 0 Å². The van der Waals surface area contributed by atoms with Gasteiger partial charge in [0.05, 0.1) is 31.5 Å². The largest absolute Gasteiger partial charge is 0.490 e. The lowest BCUT2D eigenvalue weighted by molar-refractivity contribution is -0.210. The molecule has 3 fully saturated rings. The first kappa shape index (κ1) is 24.4. The van der Waals surface area contributed by atoms with E-state index >= 15 is 0 Å². The molecule has 11 heteroatoms. The smallest absolute Gasteiger partial charge is 0.475 e. The molecule has 1 aromatic heterocycles. The Bertz CT molecular complexity index is 838. The van der Waals surface area contributed by atoms with Gasteiger partial charge in [-0.1, -0.05) is 6.07 Å². The van der Waals surface area contributed by atoms with E-state index in [4.69, 9.17) is 19.4 Å². The number of ether oxygens (including phenoxy) is 2. The number of rotatable bonds is 4. The third kappa shape index (κ3) is 5.74. The predicted molar refractivity (Wildman–Crippen MR) is 103 cm³/mol. The molecule has 3 aliphatic rings. The number of amides is 1. The number of alkyl halides is 4. The van der Waals surface area contributed by atoms with Crippen molar-refractivity contribution in [1.29, 1.82) is 0 Å². The predicted octanol–water partition coefficient (Wildman–Crippen LogP) is 3.19. The maximum absolute atomic E-state index is 14.3. The molecule has 1 unspecified atom stereocenters. The van der Waals surface area contributed by atoms with Crippen molar-refractivity contribution in [3.63, 3.8) is 0 Å². The Balaban J connectivity index is 0.000000360. The fraction of sp³-hybridized carbons (Fsp3) is 0.667. The zero-order valence-corrected chi connectivity index (χ0v) is 17.7. The average Bonchev–Trinajstić information content (AvgIpc) is 2.68. The summed E-state index contributed by atoms with van der Waals surface area (Å²) in [5.74, 6) is -3.10. The fourth-order valence-corrected chi connectivity index (χ4v) is 4.01. The Hall–Kier alpha value is -2.27. The molecule has 1 saturated carbocycles. The van der Waals surface area contributed by atoms with Crippen LogP contribution in [0.5, 0.6) is 0 Å². The highest BCUT2D eigenvalue weighted by Gasteiger charge is 2.55. The Kier molecular flexibility index (Phi) is 7.09. The number of carboxylic acid groups (broad SMARTS) is 1. The van der Waals surface area contributed by atoms with E-state index in [0.29, 0.717) is 39.1 Å². The summed E-state index contributed by atoms with van der Waals surface area (Å²) in [5.41, 5.74) is -0.0500. The van der Waals surface area contributed by atoms with Crippen molar-refractivity contribution < 1.29 is 41.7 Å². The highest BCUT2D eigenvalue weighted by atomic mass is 19.4. The minimum atomic E-state index is -5.08. The number of halogens is 4. The van der Waals surface area contributed by atoms with E-state index in [9.17, 15) is 22.4 Å². The summed E-state index contributed by atoms with van der Waals surface area (Å²) in [6, 6.07) is 5.91. The first-order chi connectivity index (χ1) is 14.9. The number of carboxylic acids is 1. The summed E-state index contributed by atoms with van der Waals surface area (Å²) in [6.45, 7) is 4.04. The Morgan fingerprint density at radius 2 is 1.97 bits per heavy atom. The summed E-state index contributed by atoms with van der Waals surface area (Å²) in [6.07, 6.45) is -1.86. The highest BCUT2D eigenvalue weighted by molar-refractivity contribution is 5.87. The molecule has 1 aromatic rings. The molecule has 0 aromatic carbocycles. The number of likely N-dealkylation sites (tertiary alicyclic amines) is 1. The van der Waals surface area contributed by atoms with Crippen LogP contribution in [-0.4, -0.2) is 70.1 Å². The van der Waals surface area contributed by atoms with Gasteiger partial charge in [0.2, 0.25) is 0 Å². The Labute approximate surface area is 182 Å². The molecule has 4 rings (SSSR count). The van der Waals surface area contributed by atoms with E-state index in [1.54, 1.807) is 4.90 Å². The molecule has 1 amide bonds. The van der Waals surface area contributed by atoms with Crippen molar-refractivity contribution in [3.05, 3.63) is 29.6 Å². The number of aryl methyl sites for hydroxylation is 1. The molecular weight excluding hydrogens is 436 g/mol. The van der Waals surface area contributed by atoms with Crippen LogP contribution in [0.1, 0.15) is 43.5 Å². The summed E-state index contributed by atoms with van der Waals surface area (Å²) in [7, 11) is 0. The van der Waals surface area contributed by atoms with E-state index in [2.05, 4.69) is 4.98 Å². The lowest BCUT2D eigenvalue weighted by Crippen LogP contribution is -2.70. The lowest BCUT2D eigenvalue weighted by Gasteiger charge is -2.54. The lowest BCUT2D eigenvalue weighted by atomic mass is 9.78. The second-order valence-electron chi connectivity index (χ2n) is 8.51. The van der Waals surface area contributed by atoms with Crippen LogP contribution >= 0.6 is 0 Å². The zero-order valence-electron chi connectivity index (χ0n) is 17.7. The van der Waals surface area contributed by atoms with Crippen molar-refractivity contribution in [2.24, 2.45) is 0 Å². The van der Waals surface area contributed by atoms with Gasteiger partial charge in [-0.15, -0.1) is 0 Å². The maximum Gasteiger partial charge on any atom is 0.490 e. The van der Waals surface area contributed by atoms with Crippen molar-refractivity contribution >= 4 is 11.9 Å². The van der Waals surface area contributed by atoms with Crippen LogP contribution in [0.15, 0.2) is 18.2 Å². The van der Waals surface area contributed by atoms with Gasteiger partial charge in [-0.25, -0.2) is 9.18 Å². The van der Waals surface area contributed by atoms with Gasteiger partial charge in [0.15, 0.2) is 5.67 Å². The van der Waals surface area contributed by atoms with Crippen LogP contribution in [0, 0.1) is 6.92 Å². The summed E-state index contributed by atoms with van der Waals surface area (Å²) >= 11 is 0. The van der Waals surface area contributed by atoms with Crippen molar-refractivity contribution in [3.8, 4) is 0 Å². The van der Waals surface area contributed by atoms with Gasteiger partial charge in [0.1, 0.15) is 5.60 Å². The van der Waals surface area contributed by atoms with Gasteiger partial charge in [0, 0.05) is 18.7 Å². The van der Waals surface area contributed by atoms with Crippen molar-refractivity contribution in [1.82, 2.24) is 9.88 Å². The molecule has 1 atom stereocenters. The Morgan fingerprint density at radius 1 is 1.31 bits per heavy atom. The molecule has 1 spiro atoms. The monoisotopic (exact) mass is 462 g/mol. The first-order valence-corrected chi connectivity index (χ1v) is 10.4. The molecule has 32 heavy (non-hydrogen) atoms. The number of aromatic nitrogens is 1. The van der Waals surface area contributed by atoms with Crippen molar-refractivity contribution in [2.45, 2.75) is 69.2 Å². The highest BCUT2D eigenvalue weighted by Crippen LogP contribution is 2.42. The van der Waals surface area contributed by atoms with Gasteiger partial charge >= 0.3 is 12.1 Å².